The van der Waals surface area contributed by atoms with Crippen molar-refractivity contribution in [3.63, 3.8) is 0 Å². The lowest BCUT2D eigenvalue weighted by Crippen LogP contribution is -2.51. The van der Waals surface area contributed by atoms with Crippen LogP contribution in [0.1, 0.15) is 25.7 Å². The maximum Gasteiger partial charge on any atom is 0.318 e. The maximum atomic E-state index is 12.4. The Morgan fingerprint density at radius 2 is 2.00 bits per heavy atom. The summed E-state index contributed by atoms with van der Waals surface area (Å²) in [5.74, 6) is 0.701. The van der Waals surface area contributed by atoms with Crippen molar-refractivity contribution in [2.45, 2.75) is 31.7 Å². The van der Waals surface area contributed by atoms with E-state index in [1.54, 1.807) is 16.8 Å². The summed E-state index contributed by atoms with van der Waals surface area (Å²) in [6, 6.07) is 0.144. The molecule has 0 aliphatic carbocycles. The van der Waals surface area contributed by atoms with Crippen LogP contribution in [0.25, 0.3) is 0 Å². The molecule has 0 saturated carbocycles. The number of carbonyl (C=O) groups excluding carboxylic acids is 2. The molecule has 1 atom stereocenters. The van der Waals surface area contributed by atoms with Crippen LogP contribution in [0.5, 0.6) is 0 Å². The van der Waals surface area contributed by atoms with Gasteiger partial charge < -0.3 is 24.8 Å². The summed E-state index contributed by atoms with van der Waals surface area (Å²) in [5, 5.41) is 3.13. The number of hydrogen-bond acceptors (Lipinski definition) is 4. The number of urea groups is 1. The fraction of sp³-hybridized carbons (Fsp3) is 0.882. The van der Waals surface area contributed by atoms with Crippen molar-refractivity contribution in [2.75, 3.05) is 59.5 Å². The average Bonchev–Trinajstić information content (AvgIpc) is 3.02. The third kappa shape index (κ3) is 4.60. The standard InChI is InChI=1S/C17H30N4O3/c1-19-6-2-7-21(12-16(19)22)17(23)18-15-3-8-20(9-4-15)11-14-5-10-24-13-14/h14-15H,2-13H2,1H3,(H,18,23)/t14-/m1/s1. The van der Waals surface area contributed by atoms with Gasteiger partial charge in [0.25, 0.3) is 0 Å². The number of piperidine rings is 1. The normalized spacial score (nSPS) is 27.4. The lowest BCUT2D eigenvalue weighted by atomic mass is 10.0. The van der Waals surface area contributed by atoms with Crippen LogP contribution in [-0.2, 0) is 9.53 Å². The van der Waals surface area contributed by atoms with Crippen molar-refractivity contribution in [3.8, 4) is 0 Å². The molecule has 0 aromatic heterocycles. The van der Waals surface area contributed by atoms with Gasteiger partial charge in [-0.2, -0.15) is 0 Å². The fourth-order valence-corrected chi connectivity index (χ4v) is 3.78. The number of carbonyl (C=O) groups is 2. The number of rotatable bonds is 3. The van der Waals surface area contributed by atoms with Crippen molar-refractivity contribution >= 4 is 11.9 Å². The molecule has 0 aromatic carbocycles. The first-order chi connectivity index (χ1) is 11.6. The van der Waals surface area contributed by atoms with Gasteiger partial charge in [0.2, 0.25) is 5.91 Å². The van der Waals surface area contributed by atoms with Crippen molar-refractivity contribution in [1.29, 1.82) is 0 Å². The first-order valence-corrected chi connectivity index (χ1v) is 9.21. The third-order valence-corrected chi connectivity index (χ3v) is 5.42. The number of nitrogens with zero attached hydrogens (tertiary/aromatic N) is 3. The monoisotopic (exact) mass is 338 g/mol. The minimum Gasteiger partial charge on any atom is -0.381 e. The number of hydrogen-bond donors (Lipinski definition) is 1. The minimum absolute atomic E-state index is 0.0243. The van der Waals surface area contributed by atoms with Gasteiger partial charge in [0.05, 0.1) is 6.61 Å². The van der Waals surface area contributed by atoms with Crippen LogP contribution in [-0.4, -0.2) is 92.2 Å². The molecule has 1 N–H and O–H groups in total. The highest BCUT2D eigenvalue weighted by molar-refractivity contribution is 5.84. The fourth-order valence-electron chi connectivity index (χ4n) is 3.78. The summed E-state index contributed by atoms with van der Waals surface area (Å²) in [4.78, 5) is 30.2. The third-order valence-electron chi connectivity index (χ3n) is 5.42. The molecule has 0 spiro atoms. The van der Waals surface area contributed by atoms with E-state index in [2.05, 4.69) is 10.2 Å². The second-order valence-corrected chi connectivity index (χ2v) is 7.34. The Morgan fingerprint density at radius 3 is 2.71 bits per heavy atom. The molecule has 24 heavy (non-hydrogen) atoms. The van der Waals surface area contributed by atoms with E-state index >= 15 is 0 Å². The van der Waals surface area contributed by atoms with E-state index in [0.29, 0.717) is 12.5 Å². The summed E-state index contributed by atoms with van der Waals surface area (Å²) < 4.78 is 5.45. The Hall–Kier alpha value is -1.34. The van der Waals surface area contributed by atoms with E-state index in [1.807, 2.05) is 0 Å². The van der Waals surface area contributed by atoms with Gasteiger partial charge >= 0.3 is 6.03 Å². The van der Waals surface area contributed by atoms with E-state index < -0.39 is 0 Å². The largest absolute Gasteiger partial charge is 0.381 e. The van der Waals surface area contributed by atoms with E-state index in [9.17, 15) is 9.59 Å². The van der Waals surface area contributed by atoms with Gasteiger partial charge in [-0.3, -0.25) is 4.79 Å². The Bertz CT molecular complexity index is 445. The predicted octanol–water partition coefficient (Wildman–Crippen LogP) is 0.361. The van der Waals surface area contributed by atoms with Gasteiger partial charge in [-0.25, -0.2) is 4.79 Å². The molecular formula is C17H30N4O3. The SMILES string of the molecule is CN1CCCN(C(=O)NC2CCN(C[C@H]3CCOC3)CC2)CC1=O. The molecule has 136 valence electrons. The number of likely N-dealkylation sites (tertiary alicyclic amines) is 1. The first kappa shape index (κ1) is 17.5. The number of amides is 3. The van der Waals surface area contributed by atoms with E-state index in [-0.39, 0.29) is 24.5 Å². The number of likely N-dealkylation sites (N-methyl/N-ethyl adjacent to an activating group) is 1. The van der Waals surface area contributed by atoms with Crippen LogP contribution in [0.3, 0.4) is 0 Å². The van der Waals surface area contributed by atoms with Gasteiger partial charge in [0.1, 0.15) is 6.54 Å². The molecule has 0 radical (unpaired) electrons. The van der Waals surface area contributed by atoms with Gasteiger partial charge in [0, 0.05) is 52.4 Å². The molecule has 3 amide bonds. The van der Waals surface area contributed by atoms with Gasteiger partial charge in [-0.05, 0) is 31.6 Å². The minimum atomic E-state index is -0.0821. The van der Waals surface area contributed by atoms with E-state index in [1.165, 1.54) is 6.42 Å². The molecule has 0 unspecified atom stereocenters. The molecule has 3 heterocycles. The second kappa shape index (κ2) is 8.16. The second-order valence-electron chi connectivity index (χ2n) is 7.34. The van der Waals surface area contributed by atoms with E-state index in [4.69, 9.17) is 4.74 Å². The Morgan fingerprint density at radius 1 is 1.21 bits per heavy atom. The molecule has 3 saturated heterocycles. The van der Waals surface area contributed by atoms with Crippen LogP contribution >= 0.6 is 0 Å². The van der Waals surface area contributed by atoms with Gasteiger partial charge in [0.15, 0.2) is 0 Å². The lowest BCUT2D eigenvalue weighted by Gasteiger charge is -2.34. The Kier molecular flexibility index (Phi) is 5.94. The Balaban J connectivity index is 1.40. The topological polar surface area (TPSA) is 65.1 Å². The van der Waals surface area contributed by atoms with Crippen LogP contribution in [0.15, 0.2) is 0 Å². The summed E-state index contributed by atoms with van der Waals surface area (Å²) >= 11 is 0. The first-order valence-electron chi connectivity index (χ1n) is 9.21. The molecule has 0 aromatic rings. The molecule has 3 rings (SSSR count). The molecule has 3 aliphatic heterocycles. The Labute approximate surface area is 144 Å². The highest BCUT2D eigenvalue weighted by Gasteiger charge is 2.27. The summed E-state index contributed by atoms with van der Waals surface area (Å²) in [5.41, 5.74) is 0. The van der Waals surface area contributed by atoms with Crippen LogP contribution < -0.4 is 5.32 Å². The van der Waals surface area contributed by atoms with Gasteiger partial charge in [-0.1, -0.05) is 0 Å². The molecule has 3 aliphatic rings. The number of ether oxygens (including phenoxy) is 1. The molecule has 3 fully saturated rings. The van der Waals surface area contributed by atoms with Crippen molar-refractivity contribution in [1.82, 2.24) is 20.0 Å². The molecule has 7 nitrogen and oxygen atoms in total. The predicted molar refractivity (Wildman–Crippen MR) is 90.7 cm³/mol. The zero-order valence-electron chi connectivity index (χ0n) is 14.7. The van der Waals surface area contributed by atoms with Crippen LogP contribution in [0.4, 0.5) is 4.79 Å². The van der Waals surface area contributed by atoms with Crippen molar-refractivity contribution in [3.05, 3.63) is 0 Å². The lowest BCUT2D eigenvalue weighted by molar-refractivity contribution is -0.129. The highest BCUT2D eigenvalue weighted by Crippen LogP contribution is 2.18. The van der Waals surface area contributed by atoms with Crippen LogP contribution in [0.2, 0.25) is 0 Å². The summed E-state index contributed by atoms with van der Waals surface area (Å²) in [7, 11) is 1.80. The molecular weight excluding hydrogens is 308 g/mol. The molecule has 7 heteroatoms. The van der Waals surface area contributed by atoms with Crippen LogP contribution in [0, 0.1) is 5.92 Å². The molecule has 0 bridgehead atoms. The van der Waals surface area contributed by atoms with Crippen molar-refractivity contribution < 1.29 is 14.3 Å². The zero-order valence-corrected chi connectivity index (χ0v) is 14.7. The maximum absolute atomic E-state index is 12.4. The summed E-state index contributed by atoms with van der Waals surface area (Å²) in [6.45, 7) is 6.56. The number of nitrogens with one attached hydrogen (secondary N) is 1. The highest BCUT2D eigenvalue weighted by atomic mass is 16.5. The smallest absolute Gasteiger partial charge is 0.318 e. The average molecular weight is 338 g/mol. The quantitative estimate of drug-likeness (QED) is 0.807. The zero-order chi connectivity index (χ0) is 16.9. The summed E-state index contributed by atoms with van der Waals surface area (Å²) in [6.07, 6.45) is 3.99. The van der Waals surface area contributed by atoms with Gasteiger partial charge in [-0.15, -0.1) is 0 Å². The van der Waals surface area contributed by atoms with Crippen molar-refractivity contribution in [2.24, 2.45) is 5.92 Å². The van der Waals surface area contributed by atoms with E-state index in [0.717, 1.165) is 58.7 Å².